The molecule has 5 N–H and O–H groups in total. The number of aromatic nitrogens is 1. The number of guanidine groups is 1. The first-order valence-electron chi connectivity index (χ1n) is 5.78. The van der Waals surface area contributed by atoms with Gasteiger partial charge < -0.3 is 15.6 Å². The number of aliphatic imine (C=N–C) groups is 1. The van der Waals surface area contributed by atoms with Crippen molar-refractivity contribution >= 4 is 5.96 Å². The SMILES string of the molecule is NC1=NC(N)(c2cc(-c3ccccc3)on2)C=CN1. The van der Waals surface area contributed by atoms with Crippen LogP contribution in [0.5, 0.6) is 0 Å². The first-order chi connectivity index (χ1) is 9.17. The first-order valence-corrected chi connectivity index (χ1v) is 5.78. The Kier molecular flexibility index (Phi) is 2.57. The summed E-state index contributed by atoms with van der Waals surface area (Å²) < 4.78 is 5.31. The summed E-state index contributed by atoms with van der Waals surface area (Å²) in [6, 6.07) is 11.4. The van der Waals surface area contributed by atoms with Gasteiger partial charge in [-0.25, -0.2) is 4.99 Å². The largest absolute Gasteiger partial charge is 0.370 e. The second-order valence-corrected chi connectivity index (χ2v) is 4.24. The molecule has 1 aliphatic rings. The third kappa shape index (κ3) is 2.09. The van der Waals surface area contributed by atoms with Crippen LogP contribution in [0.25, 0.3) is 11.3 Å². The van der Waals surface area contributed by atoms with Gasteiger partial charge in [-0.2, -0.15) is 0 Å². The van der Waals surface area contributed by atoms with E-state index in [-0.39, 0.29) is 5.96 Å². The summed E-state index contributed by atoms with van der Waals surface area (Å²) in [5.74, 6) is 0.885. The lowest BCUT2D eigenvalue weighted by atomic mass is 10.1. The molecule has 0 bridgehead atoms. The van der Waals surface area contributed by atoms with Crippen LogP contribution in [0, 0.1) is 0 Å². The van der Waals surface area contributed by atoms with Crippen LogP contribution in [-0.4, -0.2) is 11.1 Å². The molecule has 0 radical (unpaired) electrons. The Balaban J connectivity index is 1.98. The third-order valence-corrected chi connectivity index (χ3v) is 2.85. The molecule has 6 nitrogen and oxygen atoms in total. The predicted molar refractivity (Wildman–Crippen MR) is 71.7 cm³/mol. The van der Waals surface area contributed by atoms with Gasteiger partial charge in [0, 0.05) is 17.8 Å². The van der Waals surface area contributed by atoms with Crippen LogP contribution in [0.3, 0.4) is 0 Å². The zero-order valence-electron chi connectivity index (χ0n) is 10.1. The Morgan fingerprint density at radius 3 is 2.74 bits per heavy atom. The second-order valence-electron chi connectivity index (χ2n) is 4.24. The first kappa shape index (κ1) is 11.5. The zero-order valence-corrected chi connectivity index (χ0v) is 10.1. The van der Waals surface area contributed by atoms with E-state index in [1.807, 2.05) is 30.3 Å². The number of nitrogens with one attached hydrogen (secondary N) is 1. The molecule has 1 unspecified atom stereocenters. The number of nitrogens with two attached hydrogens (primary N) is 2. The lowest BCUT2D eigenvalue weighted by Gasteiger charge is -2.22. The highest BCUT2D eigenvalue weighted by atomic mass is 16.5. The summed E-state index contributed by atoms with van der Waals surface area (Å²) in [7, 11) is 0. The Labute approximate surface area is 109 Å². The van der Waals surface area contributed by atoms with Crippen molar-refractivity contribution in [2.45, 2.75) is 5.66 Å². The number of hydrogen-bond donors (Lipinski definition) is 3. The molecule has 2 aromatic rings. The van der Waals surface area contributed by atoms with Crippen LogP contribution in [0.15, 0.2) is 58.2 Å². The summed E-state index contributed by atoms with van der Waals surface area (Å²) >= 11 is 0. The van der Waals surface area contributed by atoms with Crippen molar-refractivity contribution in [3.05, 3.63) is 54.4 Å². The van der Waals surface area contributed by atoms with Gasteiger partial charge in [-0.05, 0) is 6.08 Å². The van der Waals surface area contributed by atoms with E-state index in [9.17, 15) is 0 Å². The van der Waals surface area contributed by atoms with Crippen LogP contribution in [0.1, 0.15) is 5.69 Å². The normalized spacial score (nSPS) is 21.8. The van der Waals surface area contributed by atoms with E-state index in [1.165, 1.54) is 0 Å². The molecule has 1 aliphatic heterocycles. The molecule has 19 heavy (non-hydrogen) atoms. The summed E-state index contributed by atoms with van der Waals surface area (Å²) in [6.45, 7) is 0. The standard InChI is InChI=1S/C13H13N5O/c14-12-16-7-6-13(15,17-12)11-8-10(19-18-11)9-4-2-1-3-5-9/h1-8H,15H2,(H3,14,16,17). The van der Waals surface area contributed by atoms with Crippen molar-refractivity contribution in [2.75, 3.05) is 0 Å². The minimum Gasteiger partial charge on any atom is -0.370 e. The Morgan fingerprint density at radius 1 is 1.21 bits per heavy atom. The average molecular weight is 255 g/mol. The van der Waals surface area contributed by atoms with Gasteiger partial charge in [-0.15, -0.1) is 0 Å². The maximum Gasteiger partial charge on any atom is 0.195 e. The molecule has 0 spiro atoms. The highest BCUT2D eigenvalue weighted by Gasteiger charge is 2.30. The fraction of sp³-hybridized carbons (Fsp3) is 0.0769. The molecule has 3 rings (SSSR count). The van der Waals surface area contributed by atoms with Gasteiger partial charge in [0.25, 0.3) is 0 Å². The molecule has 1 atom stereocenters. The molecule has 6 heteroatoms. The fourth-order valence-electron chi connectivity index (χ4n) is 1.87. The number of nitrogens with zero attached hydrogens (tertiary/aromatic N) is 2. The Hall–Kier alpha value is -2.60. The zero-order chi connectivity index (χ0) is 13.3. The molecule has 1 aromatic carbocycles. The quantitative estimate of drug-likeness (QED) is 0.739. The lowest BCUT2D eigenvalue weighted by Crippen LogP contribution is -2.42. The van der Waals surface area contributed by atoms with Crippen LogP contribution < -0.4 is 16.8 Å². The molecular formula is C13H13N5O. The predicted octanol–water partition coefficient (Wildman–Crippen LogP) is 0.885. The maximum atomic E-state index is 6.15. The van der Waals surface area contributed by atoms with Crippen molar-refractivity contribution < 1.29 is 4.52 Å². The van der Waals surface area contributed by atoms with E-state index < -0.39 is 5.66 Å². The van der Waals surface area contributed by atoms with E-state index in [0.717, 1.165) is 5.56 Å². The van der Waals surface area contributed by atoms with Crippen molar-refractivity contribution in [3.8, 4) is 11.3 Å². The summed E-state index contributed by atoms with van der Waals surface area (Å²) in [5.41, 5.74) is 12.1. The van der Waals surface area contributed by atoms with Gasteiger partial charge in [0.2, 0.25) is 0 Å². The van der Waals surface area contributed by atoms with Crippen LogP contribution in [0.4, 0.5) is 0 Å². The molecule has 1 aromatic heterocycles. The number of rotatable bonds is 2. The highest BCUT2D eigenvalue weighted by Crippen LogP contribution is 2.27. The Morgan fingerprint density at radius 2 is 2.00 bits per heavy atom. The molecule has 96 valence electrons. The minimum atomic E-state index is -1.09. The lowest BCUT2D eigenvalue weighted by molar-refractivity contribution is 0.402. The molecule has 2 heterocycles. The molecule has 0 saturated heterocycles. The van der Waals surface area contributed by atoms with Gasteiger partial charge in [0.05, 0.1) is 0 Å². The molecule has 0 amide bonds. The molecular weight excluding hydrogens is 242 g/mol. The van der Waals surface area contributed by atoms with E-state index in [4.69, 9.17) is 16.0 Å². The molecule has 0 fully saturated rings. The number of hydrogen-bond acceptors (Lipinski definition) is 6. The van der Waals surface area contributed by atoms with Crippen molar-refractivity contribution in [1.29, 1.82) is 0 Å². The minimum absolute atomic E-state index is 0.245. The third-order valence-electron chi connectivity index (χ3n) is 2.85. The van der Waals surface area contributed by atoms with Crippen molar-refractivity contribution in [3.63, 3.8) is 0 Å². The van der Waals surface area contributed by atoms with Crippen molar-refractivity contribution in [2.24, 2.45) is 16.5 Å². The van der Waals surface area contributed by atoms with Crippen LogP contribution in [-0.2, 0) is 5.66 Å². The molecule has 0 aliphatic carbocycles. The van der Waals surface area contributed by atoms with Gasteiger partial charge >= 0.3 is 0 Å². The van der Waals surface area contributed by atoms with E-state index in [2.05, 4.69) is 15.5 Å². The monoisotopic (exact) mass is 255 g/mol. The molecule has 0 saturated carbocycles. The van der Waals surface area contributed by atoms with E-state index >= 15 is 0 Å². The van der Waals surface area contributed by atoms with Gasteiger partial charge in [-0.3, -0.25) is 5.73 Å². The topological polar surface area (TPSA) is 102 Å². The number of benzene rings is 1. The Bertz CT molecular complexity index is 646. The fourth-order valence-corrected chi connectivity index (χ4v) is 1.87. The highest BCUT2D eigenvalue weighted by molar-refractivity contribution is 5.80. The second kappa shape index (κ2) is 4.25. The summed E-state index contributed by atoms with van der Waals surface area (Å²) in [6.07, 6.45) is 3.31. The average Bonchev–Trinajstić information content (AvgIpc) is 2.90. The van der Waals surface area contributed by atoms with Gasteiger partial charge in [0.1, 0.15) is 5.69 Å². The maximum absolute atomic E-state index is 6.15. The van der Waals surface area contributed by atoms with Gasteiger partial charge in [-0.1, -0.05) is 35.5 Å². The van der Waals surface area contributed by atoms with E-state index in [0.29, 0.717) is 11.5 Å². The van der Waals surface area contributed by atoms with E-state index in [1.54, 1.807) is 18.3 Å². The smallest absolute Gasteiger partial charge is 0.195 e. The van der Waals surface area contributed by atoms with Gasteiger partial charge in [0.15, 0.2) is 17.4 Å². The summed E-state index contributed by atoms with van der Waals surface area (Å²) in [5, 5.41) is 6.74. The van der Waals surface area contributed by atoms with Crippen molar-refractivity contribution in [1.82, 2.24) is 10.5 Å². The summed E-state index contributed by atoms with van der Waals surface area (Å²) in [4.78, 5) is 4.14. The van der Waals surface area contributed by atoms with Crippen LogP contribution >= 0.6 is 0 Å². The van der Waals surface area contributed by atoms with Crippen LogP contribution in [0.2, 0.25) is 0 Å².